The van der Waals surface area contributed by atoms with E-state index in [0.29, 0.717) is 30.1 Å². The first-order valence-corrected chi connectivity index (χ1v) is 6.78. The second kappa shape index (κ2) is 7.69. The fourth-order valence-corrected chi connectivity index (χ4v) is 2.12. The van der Waals surface area contributed by atoms with Crippen molar-refractivity contribution in [2.45, 2.75) is 39.8 Å². The van der Waals surface area contributed by atoms with Gasteiger partial charge in [0, 0.05) is 24.8 Å². The number of nitrogens with zero attached hydrogens (tertiary/aromatic N) is 3. The van der Waals surface area contributed by atoms with Crippen molar-refractivity contribution in [2.75, 3.05) is 13.2 Å². The molecule has 0 saturated carbocycles. The van der Waals surface area contributed by atoms with Crippen molar-refractivity contribution in [1.82, 2.24) is 9.88 Å². The maximum atomic E-state index is 8.73. The Labute approximate surface area is 120 Å². The minimum atomic E-state index is -0.0508. The number of hydrogen-bond acceptors (Lipinski definition) is 5. The van der Waals surface area contributed by atoms with Crippen LogP contribution in [0.25, 0.3) is 0 Å². The summed E-state index contributed by atoms with van der Waals surface area (Å²) in [5.74, 6) is 0.473. The lowest BCUT2D eigenvalue weighted by atomic mass is 10.2. The Balaban J connectivity index is 2.67. The van der Waals surface area contributed by atoms with Crippen LogP contribution in [0, 0.1) is 0 Å². The van der Waals surface area contributed by atoms with E-state index in [1.165, 1.54) is 0 Å². The Kier molecular flexibility index (Phi) is 6.24. The molecule has 0 saturated heterocycles. The minimum absolute atomic E-state index is 0.0508. The van der Waals surface area contributed by atoms with Gasteiger partial charge in [-0.15, -0.1) is 0 Å². The highest BCUT2D eigenvalue weighted by molar-refractivity contribution is 5.97. The number of hydrogen-bond donors (Lipinski definition) is 2. The van der Waals surface area contributed by atoms with Crippen LogP contribution in [0.2, 0.25) is 0 Å². The number of aromatic nitrogens is 1. The van der Waals surface area contributed by atoms with Crippen LogP contribution in [0.3, 0.4) is 0 Å². The van der Waals surface area contributed by atoms with E-state index in [4.69, 9.17) is 15.7 Å². The summed E-state index contributed by atoms with van der Waals surface area (Å²) < 4.78 is 5.71. The van der Waals surface area contributed by atoms with Gasteiger partial charge in [0.1, 0.15) is 12.4 Å². The average Bonchev–Trinajstić information content (AvgIpc) is 2.42. The lowest BCUT2D eigenvalue weighted by Gasteiger charge is -2.30. The molecule has 0 fully saturated rings. The SMILES string of the molecule is CC(C)N(CCOc1cccnc1/C(N)=N/O)C(C)C. The molecule has 0 aromatic carbocycles. The Morgan fingerprint density at radius 3 is 2.60 bits per heavy atom. The number of pyridine rings is 1. The van der Waals surface area contributed by atoms with Crippen LogP contribution in [0.15, 0.2) is 23.5 Å². The largest absolute Gasteiger partial charge is 0.490 e. The molecule has 1 aromatic heterocycles. The van der Waals surface area contributed by atoms with E-state index in [0.717, 1.165) is 6.54 Å². The van der Waals surface area contributed by atoms with E-state index >= 15 is 0 Å². The molecule has 6 heteroatoms. The monoisotopic (exact) mass is 280 g/mol. The highest BCUT2D eigenvalue weighted by Gasteiger charge is 2.14. The van der Waals surface area contributed by atoms with Crippen molar-refractivity contribution in [2.24, 2.45) is 10.9 Å². The van der Waals surface area contributed by atoms with Crippen molar-refractivity contribution >= 4 is 5.84 Å². The van der Waals surface area contributed by atoms with Gasteiger partial charge in [-0.3, -0.25) is 4.90 Å². The van der Waals surface area contributed by atoms with Crippen LogP contribution in [-0.2, 0) is 0 Å². The molecule has 112 valence electrons. The molecule has 1 heterocycles. The fraction of sp³-hybridized carbons (Fsp3) is 0.571. The smallest absolute Gasteiger partial charge is 0.192 e. The Bertz CT molecular complexity index is 439. The molecular formula is C14H24N4O2. The summed E-state index contributed by atoms with van der Waals surface area (Å²) in [5, 5.41) is 11.7. The van der Waals surface area contributed by atoms with Gasteiger partial charge in [-0.1, -0.05) is 5.16 Å². The molecule has 0 aliphatic rings. The van der Waals surface area contributed by atoms with E-state index in [2.05, 4.69) is 42.7 Å². The van der Waals surface area contributed by atoms with Crippen LogP contribution in [-0.4, -0.2) is 46.2 Å². The molecule has 1 aromatic rings. The minimum Gasteiger partial charge on any atom is -0.490 e. The first-order chi connectivity index (χ1) is 9.47. The third kappa shape index (κ3) is 4.38. The summed E-state index contributed by atoms with van der Waals surface area (Å²) in [4.78, 5) is 6.40. The second-order valence-corrected chi connectivity index (χ2v) is 5.11. The molecule has 0 atom stereocenters. The number of ether oxygens (including phenoxy) is 1. The van der Waals surface area contributed by atoms with Crippen molar-refractivity contribution < 1.29 is 9.94 Å². The van der Waals surface area contributed by atoms with Crippen LogP contribution in [0.1, 0.15) is 33.4 Å². The normalized spacial score (nSPS) is 12.4. The average molecular weight is 280 g/mol. The predicted octanol–water partition coefficient (Wildman–Crippen LogP) is 1.67. The van der Waals surface area contributed by atoms with Gasteiger partial charge in [-0.2, -0.15) is 0 Å². The summed E-state index contributed by atoms with van der Waals surface area (Å²) >= 11 is 0. The molecule has 0 aliphatic heterocycles. The van der Waals surface area contributed by atoms with Crippen LogP contribution in [0.5, 0.6) is 5.75 Å². The summed E-state index contributed by atoms with van der Waals surface area (Å²) in [6.07, 6.45) is 1.58. The number of amidine groups is 1. The molecule has 1 rings (SSSR count). The van der Waals surface area contributed by atoms with Gasteiger partial charge < -0.3 is 15.7 Å². The van der Waals surface area contributed by atoms with Crippen molar-refractivity contribution in [3.05, 3.63) is 24.0 Å². The maximum absolute atomic E-state index is 8.73. The highest BCUT2D eigenvalue weighted by atomic mass is 16.5. The van der Waals surface area contributed by atoms with E-state index in [1.807, 2.05) is 0 Å². The number of nitrogens with two attached hydrogens (primary N) is 1. The molecule has 3 N–H and O–H groups in total. The molecule has 0 aliphatic carbocycles. The standard InChI is InChI=1S/C14H24N4O2/c1-10(2)18(11(3)4)8-9-20-12-6-5-7-16-13(12)14(15)17-19/h5-7,10-11,19H,8-9H2,1-4H3,(H2,15,17). The maximum Gasteiger partial charge on any atom is 0.192 e. The molecule has 0 unspecified atom stereocenters. The van der Waals surface area contributed by atoms with Gasteiger partial charge in [0.2, 0.25) is 0 Å². The summed E-state index contributed by atoms with van der Waals surface area (Å²) in [6.45, 7) is 9.96. The van der Waals surface area contributed by atoms with Crippen LogP contribution >= 0.6 is 0 Å². The lowest BCUT2D eigenvalue weighted by Crippen LogP contribution is -2.39. The van der Waals surface area contributed by atoms with Gasteiger partial charge in [-0.25, -0.2) is 4.98 Å². The van der Waals surface area contributed by atoms with E-state index in [-0.39, 0.29) is 5.84 Å². The summed E-state index contributed by atoms with van der Waals surface area (Å²) in [6, 6.07) is 4.42. The van der Waals surface area contributed by atoms with E-state index < -0.39 is 0 Å². The van der Waals surface area contributed by atoms with Gasteiger partial charge >= 0.3 is 0 Å². The molecule has 0 bridgehead atoms. The predicted molar refractivity (Wildman–Crippen MR) is 79.2 cm³/mol. The molecule has 6 nitrogen and oxygen atoms in total. The van der Waals surface area contributed by atoms with Gasteiger partial charge in [0.15, 0.2) is 11.5 Å². The lowest BCUT2D eigenvalue weighted by molar-refractivity contribution is 0.141. The fourth-order valence-electron chi connectivity index (χ4n) is 2.12. The Morgan fingerprint density at radius 1 is 1.40 bits per heavy atom. The zero-order chi connectivity index (χ0) is 15.1. The zero-order valence-corrected chi connectivity index (χ0v) is 12.6. The summed E-state index contributed by atoms with van der Waals surface area (Å²) in [5.41, 5.74) is 5.93. The van der Waals surface area contributed by atoms with Gasteiger partial charge in [0.05, 0.1) is 0 Å². The zero-order valence-electron chi connectivity index (χ0n) is 12.6. The topological polar surface area (TPSA) is 84.0 Å². The first kappa shape index (κ1) is 16.2. The second-order valence-electron chi connectivity index (χ2n) is 5.11. The number of oxime groups is 1. The molecular weight excluding hydrogens is 256 g/mol. The summed E-state index contributed by atoms with van der Waals surface area (Å²) in [7, 11) is 0. The van der Waals surface area contributed by atoms with Crippen molar-refractivity contribution in [3.8, 4) is 5.75 Å². The molecule has 0 spiro atoms. The van der Waals surface area contributed by atoms with E-state index in [1.54, 1.807) is 18.3 Å². The molecule has 20 heavy (non-hydrogen) atoms. The Hall–Kier alpha value is -1.82. The highest BCUT2D eigenvalue weighted by Crippen LogP contribution is 2.15. The van der Waals surface area contributed by atoms with Gasteiger partial charge in [0.25, 0.3) is 0 Å². The quantitative estimate of drug-likeness (QED) is 0.343. The van der Waals surface area contributed by atoms with Gasteiger partial charge in [-0.05, 0) is 39.8 Å². The van der Waals surface area contributed by atoms with Crippen LogP contribution < -0.4 is 10.5 Å². The third-order valence-corrected chi connectivity index (χ3v) is 3.05. The van der Waals surface area contributed by atoms with Crippen molar-refractivity contribution in [1.29, 1.82) is 0 Å². The van der Waals surface area contributed by atoms with Crippen LogP contribution in [0.4, 0.5) is 0 Å². The molecule has 0 amide bonds. The van der Waals surface area contributed by atoms with Crippen molar-refractivity contribution in [3.63, 3.8) is 0 Å². The number of rotatable bonds is 7. The first-order valence-electron chi connectivity index (χ1n) is 6.78. The van der Waals surface area contributed by atoms with E-state index in [9.17, 15) is 0 Å². The Morgan fingerprint density at radius 2 is 2.05 bits per heavy atom. The molecule has 0 radical (unpaired) electrons. The third-order valence-electron chi connectivity index (χ3n) is 3.05.